The molecular weight excluding hydrogens is 518 g/mol. The van der Waals surface area contributed by atoms with Crippen LogP contribution in [0.2, 0.25) is 5.02 Å². The van der Waals surface area contributed by atoms with Crippen molar-refractivity contribution in [2.45, 2.75) is 44.3 Å². The Labute approximate surface area is 222 Å². The number of anilines is 1. The number of amides is 2. The van der Waals surface area contributed by atoms with Gasteiger partial charge >= 0.3 is 0 Å². The fraction of sp³-hybridized carbons (Fsp3) is 0.259. The molecule has 3 aromatic rings. The number of rotatable bonds is 7. The van der Waals surface area contributed by atoms with Gasteiger partial charge in [0.25, 0.3) is 17.5 Å². The standard InChI is InChI=1S/C27H25ClF2N4O4/c28-25-10-5-22(32-26(35)16-1-6-24(7-2-16)34(37)38)13-18(25)15-33(23-8-3-21(31)4-9-23)27(36)17-11-19(29)14-20(30)12-17/h1-2,5-7,10-14,21,23H,3-4,8-9,15,31H2,(H,32,35). The number of halogens is 3. The highest BCUT2D eigenvalue weighted by Crippen LogP contribution is 2.29. The number of nitrogens with one attached hydrogen (secondary N) is 1. The van der Waals surface area contributed by atoms with Gasteiger partial charge in [-0.05, 0) is 73.7 Å². The Balaban J connectivity index is 1.58. The molecule has 3 N–H and O–H groups in total. The number of hydrogen-bond acceptors (Lipinski definition) is 5. The number of nitrogens with two attached hydrogens (primary N) is 1. The molecule has 38 heavy (non-hydrogen) atoms. The minimum atomic E-state index is -0.854. The molecule has 1 aliphatic carbocycles. The van der Waals surface area contributed by atoms with E-state index in [4.69, 9.17) is 17.3 Å². The predicted molar refractivity (Wildman–Crippen MR) is 139 cm³/mol. The van der Waals surface area contributed by atoms with Crippen LogP contribution in [0.1, 0.15) is 52.0 Å². The van der Waals surface area contributed by atoms with Gasteiger partial charge in [-0.2, -0.15) is 0 Å². The van der Waals surface area contributed by atoms with E-state index >= 15 is 0 Å². The Hall–Kier alpha value is -3.89. The number of carbonyl (C=O) groups excluding carboxylic acids is 2. The average molecular weight is 543 g/mol. The van der Waals surface area contributed by atoms with E-state index in [0.29, 0.717) is 48.0 Å². The number of non-ortho nitro benzene ring substituents is 1. The first-order valence-electron chi connectivity index (χ1n) is 12.0. The maximum absolute atomic E-state index is 13.9. The number of nitro benzene ring substituents is 1. The summed E-state index contributed by atoms with van der Waals surface area (Å²) in [6, 6.07) is 12.4. The lowest BCUT2D eigenvalue weighted by Crippen LogP contribution is -2.44. The first kappa shape index (κ1) is 27.2. The number of hydrogen-bond donors (Lipinski definition) is 2. The summed E-state index contributed by atoms with van der Waals surface area (Å²) in [5.41, 5.74) is 6.92. The topological polar surface area (TPSA) is 119 Å². The van der Waals surface area contributed by atoms with E-state index in [1.165, 1.54) is 24.3 Å². The smallest absolute Gasteiger partial charge is 0.269 e. The highest BCUT2D eigenvalue weighted by molar-refractivity contribution is 6.31. The van der Waals surface area contributed by atoms with Crippen molar-refractivity contribution >= 4 is 34.8 Å². The molecule has 0 aliphatic heterocycles. The third-order valence-electron chi connectivity index (χ3n) is 6.54. The summed E-state index contributed by atoms with van der Waals surface area (Å²) in [6.07, 6.45) is 2.65. The molecule has 1 aliphatic rings. The molecule has 2 amide bonds. The normalized spacial score (nSPS) is 17.1. The van der Waals surface area contributed by atoms with Crippen molar-refractivity contribution in [1.82, 2.24) is 4.90 Å². The lowest BCUT2D eigenvalue weighted by atomic mass is 9.90. The van der Waals surface area contributed by atoms with Gasteiger partial charge in [0, 0.05) is 58.7 Å². The van der Waals surface area contributed by atoms with Crippen LogP contribution in [0.4, 0.5) is 20.2 Å². The molecule has 0 atom stereocenters. The van der Waals surface area contributed by atoms with Crippen molar-refractivity contribution in [2.24, 2.45) is 5.73 Å². The zero-order chi connectivity index (χ0) is 27.4. The summed E-state index contributed by atoms with van der Waals surface area (Å²) in [7, 11) is 0. The minimum absolute atomic E-state index is 0.0244. The molecule has 198 valence electrons. The average Bonchev–Trinajstić information content (AvgIpc) is 2.88. The largest absolute Gasteiger partial charge is 0.331 e. The van der Waals surface area contributed by atoms with Crippen molar-refractivity contribution in [3.63, 3.8) is 0 Å². The van der Waals surface area contributed by atoms with Crippen molar-refractivity contribution in [1.29, 1.82) is 0 Å². The molecular formula is C27H25ClF2N4O4. The van der Waals surface area contributed by atoms with Crippen LogP contribution in [-0.2, 0) is 6.54 Å². The summed E-state index contributed by atoms with van der Waals surface area (Å²) in [5, 5.41) is 13.9. The van der Waals surface area contributed by atoms with Gasteiger partial charge < -0.3 is 16.0 Å². The minimum Gasteiger partial charge on any atom is -0.331 e. The van der Waals surface area contributed by atoms with Gasteiger partial charge in [0.05, 0.1) is 4.92 Å². The molecule has 0 bridgehead atoms. The Morgan fingerprint density at radius 1 is 0.974 bits per heavy atom. The third kappa shape index (κ3) is 6.51. The van der Waals surface area contributed by atoms with E-state index in [0.717, 1.165) is 12.1 Å². The van der Waals surface area contributed by atoms with Crippen LogP contribution in [0, 0.1) is 21.7 Å². The molecule has 11 heteroatoms. The van der Waals surface area contributed by atoms with Crippen molar-refractivity contribution < 1.29 is 23.3 Å². The lowest BCUT2D eigenvalue weighted by molar-refractivity contribution is -0.384. The molecule has 0 unspecified atom stereocenters. The van der Waals surface area contributed by atoms with E-state index < -0.39 is 28.4 Å². The summed E-state index contributed by atoms with van der Waals surface area (Å²) in [5.74, 6) is -2.74. The molecule has 0 radical (unpaired) electrons. The van der Waals surface area contributed by atoms with Crippen molar-refractivity contribution in [2.75, 3.05) is 5.32 Å². The number of carbonyl (C=O) groups is 2. The Bertz CT molecular complexity index is 1340. The SMILES string of the molecule is NC1CCC(N(Cc2cc(NC(=O)c3ccc([N+](=O)[O-])cc3)ccc2Cl)C(=O)c2cc(F)cc(F)c2)CC1. The van der Waals surface area contributed by atoms with Crippen LogP contribution in [0.25, 0.3) is 0 Å². The molecule has 1 fully saturated rings. The molecule has 8 nitrogen and oxygen atoms in total. The molecule has 0 aromatic heterocycles. The maximum atomic E-state index is 13.9. The van der Waals surface area contributed by atoms with Gasteiger partial charge in [-0.1, -0.05) is 11.6 Å². The van der Waals surface area contributed by atoms with Crippen LogP contribution in [0.5, 0.6) is 0 Å². The van der Waals surface area contributed by atoms with E-state index in [-0.39, 0.29) is 35.4 Å². The third-order valence-corrected chi connectivity index (χ3v) is 6.91. The lowest BCUT2D eigenvalue weighted by Gasteiger charge is -2.36. The number of nitrogens with zero attached hydrogens (tertiary/aromatic N) is 2. The monoisotopic (exact) mass is 542 g/mol. The highest BCUT2D eigenvalue weighted by Gasteiger charge is 2.29. The predicted octanol–water partition coefficient (Wildman–Crippen LogP) is 5.69. The van der Waals surface area contributed by atoms with Gasteiger partial charge in [-0.15, -0.1) is 0 Å². The second kappa shape index (κ2) is 11.7. The molecule has 4 rings (SSSR count). The number of benzene rings is 3. The molecule has 1 saturated carbocycles. The zero-order valence-corrected chi connectivity index (χ0v) is 21.0. The van der Waals surface area contributed by atoms with Gasteiger partial charge in [-0.3, -0.25) is 19.7 Å². The van der Waals surface area contributed by atoms with Crippen molar-refractivity contribution in [3.05, 3.63) is 104 Å². The van der Waals surface area contributed by atoms with E-state index in [1.54, 1.807) is 23.1 Å². The molecule has 3 aromatic carbocycles. The molecule has 0 heterocycles. The summed E-state index contributed by atoms with van der Waals surface area (Å²) in [6.45, 7) is 0.0386. The quantitative estimate of drug-likeness (QED) is 0.293. The second-order valence-corrected chi connectivity index (χ2v) is 9.63. The maximum Gasteiger partial charge on any atom is 0.269 e. The van der Waals surface area contributed by atoms with Gasteiger partial charge in [-0.25, -0.2) is 8.78 Å². The van der Waals surface area contributed by atoms with E-state index in [1.807, 2.05) is 0 Å². The van der Waals surface area contributed by atoms with Crippen LogP contribution < -0.4 is 11.1 Å². The summed E-state index contributed by atoms with van der Waals surface area (Å²) in [4.78, 5) is 38.0. The molecule has 0 spiro atoms. The zero-order valence-electron chi connectivity index (χ0n) is 20.2. The first-order valence-corrected chi connectivity index (χ1v) is 12.4. The highest BCUT2D eigenvalue weighted by atomic mass is 35.5. The van der Waals surface area contributed by atoms with Crippen molar-refractivity contribution in [3.8, 4) is 0 Å². The summed E-state index contributed by atoms with van der Waals surface area (Å²) < 4.78 is 27.8. The Morgan fingerprint density at radius 2 is 1.61 bits per heavy atom. The fourth-order valence-electron chi connectivity index (χ4n) is 4.52. The van der Waals surface area contributed by atoms with Gasteiger partial charge in [0.15, 0.2) is 0 Å². The first-order chi connectivity index (χ1) is 18.1. The fourth-order valence-corrected chi connectivity index (χ4v) is 4.70. The van der Waals surface area contributed by atoms with Crippen LogP contribution in [0.15, 0.2) is 60.7 Å². The Kier molecular flexibility index (Phi) is 8.33. The summed E-state index contributed by atoms with van der Waals surface area (Å²) >= 11 is 6.45. The van der Waals surface area contributed by atoms with E-state index in [2.05, 4.69) is 5.32 Å². The molecule has 0 saturated heterocycles. The van der Waals surface area contributed by atoms with E-state index in [9.17, 15) is 28.5 Å². The van der Waals surface area contributed by atoms with Crippen LogP contribution >= 0.6 is 11.6 Å². The van der Waals surface area contributed by atoms with Gasteiger partial charge in [0.1, 0.15) is 11.6 Å². The Morgan fingerprint density at radius 3 is 2.21 bits per heavy atom. The number of nitro groups is 1. The van der Waals surface area contributed by atoms with Crippen LogP contribution in [0.3, 0.4) is 0 Å². The van der Waals surface area contributed by atoms with Gasteiger partial charge in [0.2, 0.25) is 0 Å². The second-order valence-electron chi connectivity index (χ2n) is 9.22. The van der Waals surface area contributed by atoms with Crippen LogP contribution in [-0.4, -0.2) is 33.7 Å².